The van der Waals surface area contributed by atoms with E-state index in [2.05, 4.69) is 35.9 Å². The third kappa shape index (κ3) is 5.88. The van der Waals surface area contributed by atoms with Gasteiger partial charge >= 0.3 is 0 Å². The molecule has 1 rings (SSSR count). The van der Waals surface area contributed by atoms with Gasteiger partial charge in [0.25, 0.3) is 0 Å². The summed E-state index contributed by atoms with van der Waals surface area (Å²) in [5.74, 6) is 0. The van der Waals surface area contributed by atoms with Gasteiger partial charge in [-0.2, -0.15) is 0 Å². The second kappa shape index (κ2) is 7.70. The van der Waals surface area contributed by atoms with Gasteiger partial charge in [-0.25, -0.2) is 0 Å². The smallest absolute Gasteiger partial charge is 0.203 e. The summed E-state index contributed by atoms with van der Waals surface area (Å²) >= 11 is 1.40. The predicted octanol–water partition coefficient (Wildman–Crippen LogP) is 1.78. The van der Waals surface area contributed by atoms with E-state index >= 15 is 0 Å². The summed E-state index contributed by atoms with van der Waals surface area (Å²) in [6, 6.07) is 0. The molecule has 0 aromatic carbocycles. The lowest BCUT2D eigenvalue weighted by Gasteiger charge is -2.13. The highest BCUT2D eigenvalue weighted by Crippen LogP contribution is 2.07. The molecule has 0 bridgehead atoms. The molecular formula is C9H20N4S. The van der Waals surface area contributed by atoms with Crippen molar-refractivity contribution in [3.63, 3.8) is 0 Å². The number of hydrogen-bond acceptors (Lipinski definition) is 5. The second-order valence-corrected chi connectivity index (χ2v) is 3.99. The highest BCUT2D eigenvalue weighted by atomic mass is 32.1. The number of nitrogens with two attached hydrogens (primary N) is 1. The number of nitrogens with zero attached hydrogens (tertiary/aromatic N) is 3. The van der Waals surface area contributed by atoms with E-state index in [1.165, 1.54) is 31.0 Å². The Morgan fingerprint density at radius 3 is 1.71 bits per heavy atom. The summed E-state index contributed by atoms with van der Waals surface area (Å²) < 4.78 is 0. The Balaban J connectivity index is 0.000000241. The maximum Gasteiger partial charge on any atom is 0.203 e. The Morgan fingerprint density at radius 2 is 1.64 bits per heavy atom. The van der Waals surface area contributed by atoms with Gasteiger partial charge in [-0.1, -0.05) is 32.1 Å². The predicted molar refractivity (Wildman–Crippen MR) is 62.5 cm³/mol. The Morgan fingerprint density at radius 1 is 1.14 bits per heavy atom. The fourth-order valence-corrected chi connectivity index (χ4v) is 1.45. The summed E-state index contributed by atoms with van der Waals surface area (Å²) in [7, 11) is 0. The maximum absolute atomic E-state index is 5.22. The lowest BCUT2D eigenvalue weighted by Crippen LogP contribution is -2.21. The van der Waals surface area contributed by atoms with Crippen molar-refractivity contribution in [2.45, 2.75) is 27.7 Å². The van der Waals surface area contributed by atoms with E-state index in [0.29, 0.717) is 5.13 Å². The molecule has 5 heteroatoms. The first-order chi connectivity index (χ1) is 6.63. The van der Waals surface area contributed by atoms with Crippen LogP contribution in [0.3, 0.4) is 0 Å². The van der Waals surface area contributed by atoms with Gasteiger partial charge in [0, 0.05) is 0 Å². The van der Waals surface area contributed by atoms with E-state index in [9.17, 15) is 0 Å². The molecule has 0 atom stereocenters. The normalized spacial score (nSPS) is 9.79. The summed E-state index contributed by atoms with van der Waals surface area (Å²) in [5.41, 5.74) is 5.22. The van der Waals surface area contributed by atoms with Crippen molar-refractivity contribution in [3.8, 4) is 0 Å². The zero-order valence-electron chi connectivity index (χ0n) is 9.45. The van der Waals surface area contributed by atoms with Gasteiger partial charge in [-0.15, -0.1) is 10.2 Å². The van der Waals surface area contributed by atoms with Gasteiger partial charge in [0.05, 0.1) is 0 Å². The minimum Gasteiger partial charge on any atom is -0.374 e. The highest BCUT2D eigenvalue weighted by Gasteiger charge is 1.89. The van der Waals surface area contributed by atoms with Crippen molar-refractivity contribution in [2.75, 3.05) is 25.4 Å². The number of nitrogen functional groups attached to an aromatic ring is 1. The monoisotopic (exact) mass is 216 g/mol. The van der Waals surface area contributed by atoms with Crippen molar-refractivity contribution >= 4 is 16.5 Å². The van der Waals surface area contributed by atoms with Crippen molar-refractivity contribution in [2.24, 2.45) is 0 Å². The molecule has 0 aliphatic carbocycles. The van der Waals surface area contributed by atoms with Gasteiger partial charge in [0.15, 0.2) is 0 Å². The molecule has 0 saturated heterocycles. The maximum atomic E-state index is 5.22. The molecule has 0 radical (unpaired) electrons. The molecule has 0 fully saturated rings. The van der Waals surface area contributed by atoms with Crippen LogP contribution in [0.15, 0.2) is 0 Å². The fourth-order valence-electron chi connectivity index (χ4n) is 0.983. The molecule has 0 unspecified atom stereocenters. The average Bonchev–Trinajstić information content (AvgIpc) is 2.54. The van der Waals surface area contributed by atoms with Crippen LogP contribution in [0.4, 0.5) is 5.13 Å². The van der Waals surface area contributed by atoms with Gasteiger partial charge in [-0.05, 0) is 26.6 Å². The molecule has 0 spiro atoms. The molecule has 4 nitrogen and oxygen atoms in total. The van der Waals surface area contributed by atoms with Crippen molar-refractivity contribution < 1.29 is 0 Å². The lowest BCUT2D eigenvalue weighted by molar-refractivity contribution is 0.321. The van der Waals surface area contributed by atoms with E-state index in [0.717, 1.165) is 5.01 Å². The minimum absolute atomic E-state index is 0.539. The Labute approximate surface area is 90.1 Å². The molecule has 0 aliphatic heterocycles. The highest BCUT2D eigenvalue weighted by molar-refractivity contribution is 7.14. The van der Waals surface area contributed by atoms with E-state index in [1.807, 2.05) is 6.92 Å². The van der Waals surface area contributed by atoms with E-state index in [4.69, 9.17) is 5.73 Å². The van der Waals surface area contributed by atoms with Crippen LogP contribution in [0, 0.1) is 6.92 Å². The van der Waals surface area contributed by atoms with E-state index < -0.39 is 0 Å². The van der Waals surface area contributed by atoms with Gasteiger partial charge in [0.1, 0.15) is 5.01 Å². The zero-order valence-corrected chi connectivity index (χ0v) is 10.3. The number of rotatable bonds is 3. The molecule has 0 aliphatic rings. The van der Waals surface area contributed by atoms with Crippen molar-refractivity contribution in [3.05, 3.63) is 5.01 Å². The number of anilines is 1. The standard InChI is InChI=1S/C6H15N.C3H5N3S/c1-4-7(5-2)6-3;1-2-5-6-3(4)7-2/h4-6H2,1-3H3;1H3,(H2,4,6). The SMILES string of the molecule is CCN(CC)CC.Cc1nnc(N)s1. The summed E-state index contributed by atoms with van der Waals surface area (Å²) in [5, 5.41) is 8.68. The van der Waals surface area contributed by atoms with Crippen molar-refractivity contribution in [1.82, 2.24) is 15.1 Å². The van der Waals surface area contributed by atoms with E-state index in [1.54, 1.807) is 0 Å². The number of hydrogen-bond donors (Lipinski definition) is 1. The van der Waals surface area contributed by atoms with Gasteiger partial charge in [-0.3, -0.25) is 0 Å². The topological polar surface area (TPSA) is 55.0 Å². The first-order valence-electron chi connectivity index (χ1n) is 4.91. The molecule has 82 valence electrons. The summed E-state index contributed by atoms with van der Waals surface area (Å²) in [6.45, 7) is 12.0. The third-order valence-electron chi connectivity index (χ3n) is 1.88. The molecule has 0 amide bonds. The van der Waals surface area contributed by atoms with Crippen LogP contribution in [-0.2, 0) is 0 Å². The van der Waals surface area contributed by atoms with Gasteiger partial charge < -0.3 is 10.6 Å². The molecule has 1 aromatic heterocycles. The Kier molecular flexibility index (Phi) is 7.32. The Bertz CT molecular complexity index is 210. The van der Waals surface area contributed by atoms with Crippen LogP contribution in [0.1, 0.15) is 25.8 Å². The van der Waals surface area contributed by atoms with Gasteiger partial charge in [0.2, 0.25) is 5.13 Å². The van der Waals surface area contributed by atoms with Crippen LogP contribution in [0.2, 0.25) is 0 Å². The third-order valence-corrected chi connectivity index (χ3v) is 2.55. The molecular weight excluding hydrogens is 196 g/mol. The van der Waals surface area contributed by atoms with Crippen LogP contribution in [0.5, 0.6) is 0 Å². The number of aryl methyl sites for hydroxylation is 1. The molecule has 1 aromatic rings. The fraction of sp³-hybridized carbons (Fsp3) is 0.778. The van der Waals surface area contributed by atoms with Crippen LogP contribution < -0.4 is 5.73 Å². The zero-order chi connectivity index (χ0) is 11.0. The molecule has 14 heavy (non-hydrogen) atoms. The summed E-state index contributed by atoms with van der Waals surface area (Å²) in [6.07, 6.45) is 0. The second-order valence-electron chi connectivity index (χ2n) is 2.78. The Hall–Kier alpha value is -0.680. The van der Waals surface area contributed by atoms with E-state index in [-0.39, 0.29) is 0 Å². The van der Waals surface area contributed by atoms with Crippen LogP contribution >= 0.6 is 11.3 Å². The first kappa shape index (κ1) is 13.3. The lowest BCUT2D eigenvalue weighted by atomic mass is 10.5. The summed E-state index contributed by atoms with van der Waals surface area (Å²) in [4.78, 5) is 2.38. The van der Waals surface area contributed by atoms with Crippen LogP contribution in [0.25, 0.3) is 0 Å². The van der Waals surface area contributed by atoms with Crippen LogP contribution in [-0.4, -0.2) is 34.7 Å². The largest absolute Gasteiger partial charge is 0.374 e. The molecule has 1 heterocycles. The van der Waals surface area contributed by atoms with Crippen molar-refractivity contribution in [1.29, 1.82) is 0 Å². The molecule has 0 saturated carbocycles. The first-order valence-corrected chi connectivity index (χ1v) is 5.73. The average molecular weight is 216 g/mol. The quantitative estimate of drug-likeness (QED) is 0.836. The number of aromatic nitrogens is 2. The minimum atomic E-state index is 0.539. The molecule has 2 N–H and O–H groups in total.